The zero-order valence-corrected chi connectivity index (χ0v) is 13.0. The maximum atomic E-state index is 13.0. The van der Waals surface area contributed by atoms with Crippen molar-refractivity contribution in [3.63, 3.8) is 0 Å². The van der Waals surface area contributed by atoms with Gasteiger partial charge in [-0.1, -0.05) is 0 Å². The van der Waals surface area contributed by atoms with Gasteiger partial charge in [-0.25, -0.2) is 4.39 Å². The van der Waals surface area contributed by atoms with Gasteiger partial charge in [0.25, 0.3) is 5.91 Å². The highest BCUT2D eigenvalue weighted by atomic mass is 79.9. The summed E-state index contributed by atoms with van der Waals surface area (Å²) in [5.41, 5.74) is 0.445. The van der Waals surface area contributed by atoms with Crippen LogP contribution in [0.25, 0.3) is 0 Å². The van der Waals surface area contributed by atoms with E-state index in [2.05, 4.69) is 33.1 Å². The SMILES string of the molecule is CC(CNC(=O)c1ccc(F)cc1Br)N1CCOCC1. The molecule has 0 spiro atoms. The van der Waals surface area contributed by atoms with Crippen LogP contribution in [0.15, 0.2) is 22.7 Å². The van der Waals surface area contributed by atoms with Crippen molar-refractivity contribution < 1.29 is 13.9 Å². The molecule has 1 aliphatic heterocycles. The first-order valence-electron chi connectivity index (χ1n) is 6.63. The molecular formula is C14H18BrFN2O2. The first-order chi connectivity index (χ1) is 9.58. The number of benzene rings is 1. The molecule has 4 nitrogen and oxygen atoms in total. The molecule has 110 valence electrons. The lowest BCUT2D eigenvalue weighted by Gasteiger charge is -2.32. The fourth-order valence-corrected chi connectivity index (χ4v) is 2.69. The van der Waals surface area contributed by atoms with Crippen LogP contribution >= 0.6 is 15.9 Å². The van der Waals surface area contributed by atoms with Crippen LogP contribution < -0.4 is 5.32 Å². The summed E-state index contributed by atoms with van der Waals surface area (Å²) in [5, 5.41) is 2.88. The highest BCUT2D eigenvalue weighted by Gasteiger charge is 2.18. The monoisotopic (exact) mass is 344 g/mol. The maximum absolute atomic E-state index is 13.0. The third kappa shape index (κ3) is 4.01. The molecule has 1 aliphatic rings. The molecule has 0 radical (unpaired) electrons. The normalized spacial score (nSPS) is 17.8. The van der Waals surface area contributed by atoms with E-state index in [4.69, 9.17) is 4.74 Å². The van der Waals surface area contributed by atoms with E-state index in [0.29, 0.717) is 16.6 Å². The molecule has 6 heteroatoms. The van der Waals surface area contributed by atoms with Crippen LogP contribution in [0.2, 0.25) is 0 Å². The van der Waals surface area contributed by atoms with E-state index in [-0.39, 0.29) is 17.8 Å². The Morgan fingerprint density at radius 2 is 2.20 bits per heavy atom. The molecule has 1 N–H and O–H groups in total. The van der Waals surface area contributed by atoms with Crippen molar-refractivity contribution in [2.24, 2.45) is 0 Å². The number of halogens is 2. The summed E-state index contributed by atoms with van der Waals surface area (Å²) >= 11 is 3.20. The summed E-state index contributed by atoms with van der Waals surface area (Å²) < 4.78 is 18.8. The molecule has 1 aromatic carbocycles. The lowest BCUT2D eigenvalue weighted by Crippen LogP contribution is -2.47. The number of ether oxygens (including phenoxy) is 1. The number of rotatable bonds is 4. The molecule has 1 heterocycles. The Labute approximate surface area is 126 Å². The predicted molar refractivity (Wildman–Crippen MR) is 78.3 cm³/mol. The average molecular weight is 345 g/mol. The van der Waals surface area contributed by atoms with Crippen LogP contribution in [0.3, 0.4) is 0 Å². The van der Waals surface area contributed by atoms with Crippen molar-refractivity contribution in [3.05, 3.63) is 34.1 Å². The quantitative estimate of drug-likeness (QED) is 0.908. The van der Waals surface area contributed by atoms with E-state index >= 15 is 0 Å². The number of carbonyl (C=O) groups is 1. The van der Waals surface area contributed by atoms with Gasteiger partial charge in [-0.3, -0.25) is 9.69 Å². The minimum Gasteiger partial charge on any atom is -0.379 e. The highest BCUT2D eigenvalue weighted by molar-refractivity contribution is 9.10. The molecular weight excluding hydrogens is 327 g/mol. The summed E-state index contributed by atoms with van der Waals surface area (Å²) in [6, 6.07) is 4.31. The molecule has 1 amide bonds. The minimum atomic E-state index is -0.366. The topological polar surface area (TPSA) is 41.6 Å². The summed E-state index contributed by atoms with van der Waals surface area (Å²) in [5.74, 6) is -0.563. The highest BCUT2D eigenvalue weighted by Crippen LogP contribution is 2.17. The molecule has 20 heavy (non-hydrogen) atoms. The van der Waals surface area contributed by atoms with Gasteiger partial charge in [0.05, 0.1) is 18.8 Å². The van der Waals surface area contributed by atoms with E-state index in [1.165, 1.54) is 18.2 Å². The van der Waals surface area contributed by atoms with Crippen molar-refractivity contribution in [1.82, 2.24) is 10.2 Å². The fraction of sp³-hybridized carbons (Fsp3) is 0.500. The summed E-state index contributed by atoms with van der Waals surface area (Å²) in [6.45, 7) is 5.88. The van der Waals surface area contributed by atoms with Crippen LogP contribution in [0, 0.1) is 5.82 Å². The van der Waals surface area contributed by atoms with E-state index in [1.807, 2.05) is 0 Å². The predicted octanol–water partition coefficient (Wildman–Crippen LogP) is 2.04. The number of morpholine rings is 1. The third-order valence-corrected chi connectivity index (χ3v) is 4.06. The lowest BCUT2D eigenvalue weighted by molar-refractivity contribution is 0.0204. The molecule has 1 saturated heterocycles. The molecule has 1 unspecified atom stereocenters. The molecule has 1 aromatic rings. The zero-order valence-electron chi connectivity index (χ0n) is 11.4. The van der Waals surface area contributed by atoms with E-state index in [1.54, 1.807) is 0 Å². The van der Waals surface area contributed by atoms with Gasteiger partial charge in [0.15, 0.2) is 0 Å². The van der Waals surface area contributed by atoms with Gasteiger partial charge in [-0.2, -0.15) is 0 Å². The molecule has 0 saturated carbocycles. The van der Waals surface area contributed by atoms with Crippen LogP contribution in [0.5, 0.6) is 0 Å². The fourth-order valence-electron chi connectivity index (χ4n) is 2.16. The number of amides is 1. The Morgan fingerprint density at radius 1 is 1.50 bits per heavy atom. The minimum absolute atomic E-state index is 0.197. The number of hydrogen-bond donors (Lipinski definition) is 1. The summed E-state index contributed by atoms with van der Waals surface area (Å²) in [4.78, 5) is 14.3. The Bertz CT molecular complexity index is 478. The van der Waals surface area contributed by atoms with Crippen molar-refractivity contribution >= 4 is 21.8 Å². The van der Waals surface area contributed by atoms with Crippen molar-refractivity contribution in [1.29, 1.82) is 0 Å². The van der Waals surface area contributed by atoms with Crippen LogP contribution in [0.1, 0.15) is 17.3 Å². The van der Waals surface area contributed by atoms with Gasteiger partial charge in [0.1, 0.15) is 5.82 Å². The summed E-state index contributed by atoms with van der Waals surface area (Å²) in [6.07, 6.45) is 0. The smallest absolute Gasteiger partial charge is 0.252 e. The number of carbonyl (C=O) groups excluding carboxylic acids is 1. The molecule has 1 atom stereocenters. The van der Waals surface area contributed by atoms with E-state index < -0.39 is 0 Å². The van der Waals surface area contributed by atoms with Gasteiger partial charge < -0.3 is 10.1 Å². The standard InChI is InChI=1S/C14H18BrFN2O2/c1-10(18-4-6-20-7-5-18)9-17-14(19)12-3-2-11(16)8-13(12)15/h2-3,8,10H,4-7,9H2,1H3,(H,17,19). The van der Waals surface area contributed by atoms with Crippen LogP contribution in [0.4, 0.5) is 4.39 Å². The second-order valence-corrected chi connectivity index (χ2v) is 5.69. The van der Waals surface area contributed by atoms with Gasteiger partial charge in [0, 0.05) is 30.1 Å². The second kappa shape index (κ2) is 7.15. The average Bonchev–Trinajstić information content (AvgIpc) is 2.45. The largest absolute Gasteiger partial charge is 0.379 e. The van der Waals surface area contributed by atoms with Gasteiger partial charge in [-0.05, 0) is 41.1 Å². The van der Waals surface area contributed by atoms with Gasteiger partial charge >= 0.3 is 0 Å². The van der Waals surface area contributed by atoms with Crippen LogP contribution in [-0.4, -0.2) is 49.7 Å². The Kier molecular flexibility index (Phi) is 5.51. The van der Waals surface area contributed by atoms with E-state index in [0.717, 1.165) is 26.3 Å². The molecule has 0 aromatic heterocycles. The Hall–Kier alpha value is -0.980. The Morgan fingerprint density at radius 3 is 2.85 bits per heavy atom. The Balaban J connectivity index is 1.88. The van der Waals surface area contributed by atoms with E-state index in [9.17, 15) is 9.18 Å². The zero-order chi connectivity index (χ0) is 14.5. The third-order valence-electron chi connectivity index (χ3n) is 3.40. The van der Waals surface area contributed by atoms with Crippen molar-refractivity contribution in [2.75, 3.05) is 32.8 Å². The molecule has 1 fully saturated rings. The van der Waals surface area contributed by atoms with Gasteiger partial charge in [0.2, 0.25) is 0 Å². The second-order valence-electron chi connectivity index (χ2n) is 4.83. The van der Waals surface area contributed by atoms with Crippen molar-refractivity contribution in [2.45, 2.75) is 13.0 Å². The van der Waals surface area contributed by atoms with Crippen molar-refractivity contribution in [3.8, 4) is 0 Å². The number of hydrogen-bond acceptors (Lipinski definition) is 3. The summed E-state index contributed by atoms with van der Waals surface area (Å²) in [7, 11) is 0. The molecule has 0 aliphatic carbocycles. The lowest BCUT2D eigenvalue weighted by atomic mass is 10.2. The van der Waals surface area contributed by atoms with Gasteiger partial charge in [-0.15, -0.1) is 0 Å². The molecule has 0 bridgehead atoms. The number of nitrogens with one attached hydrogen (secondary N) is 1. The molecule has 2 rings (SSSR count). The maximum Gasteiger partial charge on any atom is 0.252 e. The first-order valence-corrected chi connectivity index (χ1v) is 7.42. The van der Waals surface area contributed by atoms with Crippen LogP contribution in [-0.2, 0) is 4.74 Å². The first kappa shape index (κ1) is 15.4. The number of nitrogens with zero attached hydrogens (tertiary/aromatic N) is 1.